The second-order valence-corrected chi connectivity index (χ2v) is 23.5. The van der Waals surface area contributed by atoms with E-state index in [4.69, 9.17) is 0 Å². The first-order valence-corrected chi connectivity index (χ1v) is 28.5. The van der Waals surface area contributed by atoms with Crippen molar-refractivity contribution < 1.29 is 57.8 Å². The Morgan fingerprint density at radius 1 is 0.506 bits per heavy atom. The van der Waals surface area contributed by atoms with E-state index in [1.807, 2.05) is 41.5 Å². The summed E-state index contributed by atoms with van der Waals surface area (Å²) in [5, 5.41) is 19.2. The van der Waals surface area contributed by atoms with Gasteiger partial charge < -0.3 is 60.3 Å². The first-order chi connectivity index (χ1) is 37.7. The summed E-state index contributed by atoms with van der Waals surface area (Å²) < 4.78 is 0. The van der Waals surface area contributed by atoms with Crippen molar-refractivity contribution >= 4 is 65.0 Å². The van der Waals surface area contributed by atoms with Gasteiger partial charge in [-0.15, -0.1) is 0 Å². The maximum Gasteiger partial charge on any atom is 0.248 e. The number of hydrogen-bond donors (Lipinski definition) is 4. The van der Waals surface area contributed by atoms with Crippen molar-refractivity contribution in [1.82, 2.24) is 55.1 Å². The van der Waals surface area contributed by atoms with Gasteiger partial charge in [-0.05, 0) is 89.5 Å². The summed E-state index contributed by atoms with van der Waals surface area (Å²) >= 11 is 0. The monoisotopic (exact) mass is 1140 g/mol. The number of nitrogens with zero attached hydrogens (tertiary/aromatic N) is 8. The summed E-state index contributed by atoms with van der Waals surface area (Å²) in [6.07, 6.45) is 0.522. The van der Waals surface area contributed by atoms with Crippen LogP contribution in [0.4, 0.5) is 0 Å². The van der Waals surface area contributed by atoms with Crippen LogP contribution < -0.4 is 16.0 Å². The van der Waals surface area contributed by atoms with Crippen LogP contribution >= 0.6 is 0 Å². The van der Waals surface area contributed by atoms with Crippen molar-refractivity contribution in [3.63, 3.8) is 0 Å². The lowest BCUT2D eigenvalue weighted by Gasteiger charge is -2.37. The van der Waals surface area contributed by atoms with Crippen LogP contribution in [0.3, 0.4) is 0 Å². The third-order valence-corrected chi connectivity index (χ3v) is 15.9. The summed E-state index contributed by atoms with van der Waals surface area (Å²) in [6, 6.07) is -2.85. The Kier molecular flexibility index (Phi) is 26.2. The first kappa shape index (κ1) is 68.6. The van der Waals surface area contributed by atoms with Gasteiger partial charge in [-0.3, -0.25) is 52.7 Å². The van der Waals surface area contributed by atoms with Gasteiger partial charge in [-0.2, -0.15) is 0 Å². The molecular weight excluding hydrogens is 1040 g/mol. The number of likely N-dealkylation sites (tertiary alicyclic amines) is 1. The number of amides is 11. The van der Waals surface area contributed by atoms with Gasteiger partial charge in [0.1, 0.15) is 54.4 Å². The van der Waals surface area contributed by atoms with Crippen molar-refractivity contribution in [2.75, 3.05) is 69.0 Å². The number of nitrogens with one attached hydrogen (secondary N) is 3. The first-order valence-electron chi connectivity index (χ1n) is 28.5. The fraction of sp³-hybridized carbons (Fsp3) is 0.707. The number of carbonyl (C=O) groups excluding carboxylic acids is 11. The Morgan fingerprint density at radius 3 is 1.42 bits per heavy atom. The lowest BCUT2D eigenvalue weighted by atomic mass is 9.99. The molecule has 1 aromatic rings. The zero-order chi connectivity index (χ0) is 61.5. The van der Waals surface area contributed by atoms with Crippen LogP contribution in [-0.4, -0.2) is 239 Å². The van der Waals surface area contributed by atoms with Crippen LogP contribution in [0, 0.1) is 17.8 Å². The van der Waals surface area contributed by atoms with Crippen LogP contribution in [0.25, 0.3) is 0 Å². The number of likely N-dealkylation sites (N-methyl/N-ethyl adjacent to an activating group) is 7. The van der Waals surface area contributed by atoms with Crippen LogP contribution in [0.5, 0.6) is 0 Å². The second kappa shape index (κ2) is 31.0. The number of hydrogen-bond acceptors (Lipinski definition) is 12. The number of benzene rings is 1. The number of piperidine rings is 1. The van der Waals surface area contributed by atoms with Crippen molar-refractivity contribution in [3.05, 3.63) is 35.9 Å². The largest absolute Gasteiger partial charge is 0.391 e. The van der Waals surface area contributed by atoms with Gasteiger partial charge in [-0.1, -0.05) is 71.9 Å². The number of rotatable bonds is 10. The molecule has 0 unspecified atom stereocenters. The maximum absolute atomic E-state index is 14.7. The molecule has 2 aliphatic heterocycles. The number of aliphatic hydroxyl groups is 1. The molecule has 10 atom stereocenters. The van der Waals surface area contributed by atoms with Crippen molar-refractivity contribution in [2.24, 2.45) is 17.8 Å². The molecule has 0 bridgehead atoms. The summed E-state index contributed by atoms with van der Waals surface area (Å²) in [4.78, 5) is 168. The van der Waals surface area contributed by atoms with E-state index in [1.165, 1.54) is 96.6 Å². The van der Waals surface area contributed by atoms with E-state index in [2.05, 4.69) is 16.0 Å². The molecule has 2 fully saturated rings. The molecule has 2 heterocycles. The van der Waals surface area contributed by atoms with E-state index in [9.17, 15) is 57.8 Å². The van der Waals surface area contributed by atoms with Gasteiger partial charge >= 0.3 is 0 Å². The standard InChI is InChI=1S/C58H95N11O12/c1-34(2)28-43-50(73)59-33-48(72)65(14)46(30-36(5)6)57(80)63(12)38(8)54(77)67(16)44(29-35(3)4)51(74)60-42(56(79)69-26-22-19-23-27-69)32-47(71)62(11)37(7)53(76)68(17)45(31-41-24-20-18-21-25-41)52(75)61-49(40(10)70)58(81)64(13)39(9)55(78)66(43)15/h18,20-21,24-25,34-40,42-46,49,70H,19,22-23,26-33H2,1-17H3,(H,59,73)(H,60,74)(H,61,75)/t37-,38-,39-,40+,42-,43-,44-,45-,46-,49-/m0/s1. The smallest absolute Gasteiger partial charge is 0.248 e. The van der Waals surface area contributed by atoms with Gasteiger partial charge in [0.25, 0.3) is 0 Å². The molecule has 0 aromatic heterocycles. The molecule has 2 aliphatic rings. The Labute approximate surface area is 480 Å². The van der Waals surface area contributed by atoms with Crippen molar-refractivity contribution in [1.29, 1.82) is 0 Å². The zero-order valence-corrected chi connectivity index (χ0v) is 51.2. The van der Waals surface area contributed by atoms with Crippen LogP contribution in [0.15, 0.2) is 30.3 Å². The molecule has 4 N–H and O–H groups in total. The Balaban J connectivity index is 2.24. The predicted octanol–water partition coefficient (Wildman–Crippen LogP) is 1.10. The molecular formula is C58H95N11O12. The molecule has 0 spiro atoms. The summed E-state index contributed by atoms with van der Waals surface area (Å²) in [5.41, 5.74) is 0.626. The van der Waals surface area contributed by atoms with Crippen LogP contribution in [0.2, 0.25) is 0 Å². The summed E-state index contributed by atoms with van der Waals surface area (Å²) in [6.45, 7) is 16.9. The Hall–Kier alpha value is -6.65. The minimum Gasteiger partial charge on any atom is -0.391 e. The van der Waals surface area contributed by atoms with Crippen LogP contribution in [0.1, 0.15) is 120 Å². The SMILES string of the molecule is CC(C)C[C@H]1C(=O)N(C)[C@@H](C)C(=O)N(C)[C@@H](CC(C)C)C(=O)N[C@H](C(=O)N2CCCCC2)CC(=O)N(C)[C@@H](C)C(=O)N(C)[C@@H](Cc2ccccc2)C(=O)N[C@@H]([C@@H](C)O)C(=O)N(C)[C@@H](C)C(=O)N(C)[C@@H](CC(C)C)C(=O)NCC(=O)N1C. The number of carbonyl (C=O) groups is 11. The molecule has 81 heavy (non-hydrogen) atoms. The maximum atomic E-state index is 14.7. The highest BCUT2D eigenvalue weighted by atomic mass is 16.3. The van der Waals surface area contributed by atoms with Gasteiger partial charge in [0.15, 0.2) is 0 Å². The molecule has 0 saturated carbocycles. The van der Waals surface area contributed by atoms with Gasteiger partial charge in [0, 0.05) is 68.8 Å². The van der Waals surface area contributed by atoms with Gasteiger partial charge in [0.05, 0.1) is 19.1 Å². The van der Waals surface area contributed by atoms with Crippen LogP contribution in [-0.2, 0) is 59.2 Å². The zero-order valence-electron chi connectivity index (χ0n) is 51.2. The predicted molar refractivity (Wildman–Crippen MR) is 305 cm³/mol. The molecule has 2 saturated heterocycles. The molecule has 23 heteroatoms. The van der Waals surface area contributed by atoms with Crippen molar-refractivity contribution in [2.45, 2.75) is 181 Å². The number of aliphatic hydroxyl groups excluding tert-OH is 1. The highest BCUT2D eigenvalue weighted by Gasteiger charge is 2.42. The average Bonchev–Trinajstić information content (AvgIpc) is 3.43. The highest BCUT2D eigenvalue weighted by molar-refractivity contribution is 5.99. The fourth-order valence-corrected chi connectivity index (χ4v) is 10.1. The summed E-state index contributed by atoms with van der Waals surface area (Å²) in [5.74, 6) is -8.05. The lowest BCUT2D eigenvalue weighted by molar-refractivity contribution is -0.152. The molecule has 23 nitrogen and oxygen atoms in total. The second-order valence-electron chi connectivity index (χ2n) is 23.5. The third kappa shape index (κ3) is 18.4. The van der Waals surface area contributed by atoms with Crippen molar-refractivity contribution in [3.8, 4) is 0 Å². The van der Waals surface area contributed by atoms with Gasteiger partial charge in [-0.25, -0.2) is 0 Å². The quantitative estimate of drug-likeness (QED) is 0.257. The topological polar surface area (TPSA) is 270 Å². The fourth-order valence-electron chi connectivity index (χ4n) is 10.1. The Morgan fingerprint density at radius 2 is 0.938 bits per heavy atom. The Bertz CT molecular complexity index is 2380. The molecule has 454 valence electrons. The van der Waals surface area contributed by atoms with E-state index in [0.29, 0.717) is 31.5 Å². The lowest BCUT2D eigenvalue weighted by Crippen LogP contribution is -2.61. The highest BCUT2D eigenvalue weighted by Crippen LogP contribution is 2.22. The molecule has 11 amide bonds. The summed E-state index contributed by atoms with van der Waals surface area (Å²) in [7, 11) is 9.69. The van der Waals surface area contributed by atoms with E-state index in [1.54, 1.807) is 35.2 Å². The van der Waals surface area contributed by atoms with E-state index < -0.39 is 138 Å². The minimum absolute atomic E-state index is 0.0758. The minimum atomic E-state index is -1.65. The molecule has 0 radical (unpaired) electrons. The molecule has 3 rings (SSSR count). The average molecular weight is 1140 g/mol. The van der Waals surface area contributed by atoms with E-state index >= 15 is 0 Å². The van der Waals surface area contributed by atoms with E-state index in [-0.39, 0.29) is 43.4 Å². The normalized spacial score (nSPS) is 26.8. The van der Waals surface area contributed by atoms with E-state index in [0.717, 1.165) is 21.1 Å². The third-order valence-electron chi connectivity index (χ3n) is 15.9. The van der Waals surface area contributed by atoms with Gasteiger partial charge in [0.2, 0.25) is 65.0 Å². The molecule has 0 aliphatic carbocycles. The molecule has 1 aromatic carbocycles.